The molecule has 1 fully saturated rings. The lowest BCUT2D eigenvalue weighted by atomic mass is 9.95. The second-order valence-electron chi connectivity index (χ2n) is 5.47. The molecule has 5 heteroatoms. The minimum Gasteiger partial charge on any atom is -0.313 e. The summed E-state index contributed by atoms with van der Waals surface area (Å²) in [5.41, 5.74) is 0. The first-order valence-electron chi connectivity index (χ1n) is 6.92. The fraction of sp³-hybridized carbons (Fsp3) is 1.00. The molecule has 1 aliphatic carbocycles. The van der Waals surface area contributed by atoms with Crippen LogP contribution in [-0.2, 0) is 0 Å². The van der Waals surface area contributed by atoms with Crippen molar-refractivity contribution >= 4 is 0 Å². The predicted octanol–water partition coefficient (Wildman–Crippen LogP) is 3.18. The number of hydrogen-bond acceptors (Lipinski definition) is 2. The summed E-state index contributed by atoms with van der Waals surface area (Å²) in [6.45, 7) is 3.93. The Balaban J connectivity index is 2.24. The van der Waals surface area contributed by atoms with Crippen LogP contribution in [0.1, 0.15) is 46.0 Å². The Morgan fingerprint density at radius 3 is 2.28 bits per heavy atom. The Morgan fingerprint density at radius 2 is 1.78 bits per heavy atom. The number of rotatable bonds is 6. The van der Waals surface area contributed by atoms with Crippen molar-refractivity contribution in [3.8, 4) is 0 Å². The van der Waals surface area contributed by atoms with Crippen LogP contribution in [0.15, 0.2) is 0 Å². The molecule has 0 amide bonds. The molecule has 0 bridgehead atoms. The molecule has 1 saturated carbocycles. The van der Waals surface area contributed by atoms with E-state index in [1.807, 2.05) is 13.8 Å². The Bertz CT molecular complexity index is 223. The third-order valence-electron chi connectivity index (χ3n) is 3.55. The van der Waals surface area contributed by atoms with E-state index in [1.165, 1.54) is 37.0 Å². The van der Waals surface area contributed by atoms with Gasteiger partial charge in [-0.3, -0.25) is 4.90 Å². The lowest BCUT2D eigenvalue weighted by molar-refractivity contribution is -0.149. The van der Waals surface area contributed by atoms with Gasteiger partial charge in [0.25, 0.3) is 0 Å². The number of nitrogens with one attached hydrogen (secondary N) is 1. The molecule has 0 aromatic carbocycles. The van der Waals surface area contributed by atoms with Gasteiger partial charge in [0.15, 0.2) is 0 Å². The minimum absolute atomic E-state index is 0.0696. The fourth-order valence-corrected chi connectivity index (χ4v) is 2.47. The Morgan fingerprint density at radius 1 is 1.17 bits per heavy atom. The van der Waals surface area contributed by atoms with Gasteiger partial charge in [0.05, 0.1) is 6.54 Å². The van der Waals surface area contributed by atoms with E-state index in [4.69, 9.17) is 0 Å². The SMILES string of the molecule is CC(C)N(CCNC1CCCCC1)CC(F)(F)F. The van der Waals surface area contributed by atoms with E-state index in [-0.39, 0.29) is 6.04 Å². The van der Waals surface area contributed by atoms with Crippen LogP contribution in [0.25, 0.3) is 0 Å². The van der Waals surface area contributed by atoms with Crippen LogP contribution >= 0.6 is 0 Å². The van der Waals surface area contributed by atoms with Gasteiger partial charge in [-0.25, -0.2) is 0 Å². The number of hydrogen-bond donors (Lipinski definition) is 1. The van der Waals surface area contributed by atoms with Gasteiger partial charge in [-0.15, -0.1) is 0 Å². The first-order valence-corrected chi connectivity index (χ1v) is 6.92. The van der Waals surface area contributed by atoms with E-state index in [9.17, 15) is 13.2 Å². The van der Waals surface area contributed by atoms with Gasteiger partial charge in [0.2, 0.25) is 0 Å². The summed E-state index contributed by atoms with van der Waals surface area (Å²) in [6.07, 6.45) is 2.02. The van der Waals surface area contributed by atoms with Crippen LogP contribution in [0.2, 0.25) is 0 Å². The average Bonchev–Trinajstić information content (AvgIpc) is 2.27. The highest BCUT2D eigenvalue weighted by atomic mass is 19.4. The number of alkyl halides is 3. The van der Waals surface area contributed by atoms with Crippen LogP contribution in [-0.4, -0.2) is 42.8 Å². The molecule has 0 radical (unpaired) electrons. The molecule has 0 aromatic rings. The molecule has 108 valence electrons. The van der Waals surface area contributed by atoms with Crippen molar-refractivity contribution in [3.63, 3.8) is 0 Å². The summed E-state index contributed by atoms with van der Waals surface area (Å²) in [5, 5.41) is 3.38. The van der Waals surface area contributed by atoms with Gasteiger partial charge < -0.3 is 5.32 Å². The van der Waals surface area contributed by atoms with E-state index in [0.29, 0.717) is 19.1 Å². The van der Waals surface area contributed by atoms with Gasteiger partial charge in [-0.05, 0) is 26.7 Å². The second kappa shape index (κ2) is 7.34. The summed E-state index contributed by atoms with van der Waals surface area (Å²) in [6, 6.07) is 0.443. The molecule has 0 aliphatic heterocycles. The summed E-state index contributed by atoms with van der Waals surface area (Å²) < 4.78 is 37.2. The van der Waals surface area contributed by atoms with Gasteiger partial charge >= 0.3 is 6.18 Å². The molecule has 0 spiro atoms. The van der Waals surface area contributed by atoms with E-state index < -0.39 is 12.7 Å². The highest BCUT2D eigenvalue weighted by molar-refractivity contribution is 4.74. The molecule has 1 N–H and O–H groups in total. The zero-order valence-electron chi connectivity index (χ0n) is 11.4. The largest absolute Gasteiger partial charge is 0.401 e. The first kappa shape index (κ1) is 15.8. The maximum atomic E-state index is 12.4. The van der Waals surface area contributed by atoms with E-state index in [0.717, 1.165) is 0 Å². The highest BCUT2D eigenvalue weighted by Crippen LogP contribution is 2.19. The van der Waals surface area contributed by atoms with Crippen molar-refractivity contribution in [3.05, 3.63) is 0 Å². The maximum absolute atomic E-state index is 12.4. The molecule has 0 heterocycles. The van der Waals surface area contributed by atoms with Crippen molar-refractivity contribution < 1.29 is 13.2 Å². The Kier molecular flexibility index (Phi) is 6.43. The third-order valence-corrected chi connectivity index (χ3v) is 3.55. The third kappa shape index (κ3) is 6.59. The zero-order valence-corrected chi connectivity index (χ0v) is 11.4. The molecule has 18 heavy (non-hydrogen) atoms. The van der Waals surface area contributed by atoms with Crippen LogP contribution in [0.5, 0.6) is 0 Å². The molecule has 0 aromatic heterocycles. The van der Waals surface area contributed by atoms with Crippen LogP contribution in [0, 0.1) is 0 Å². The number of nitrogens with zero attached hydrogens (tertiary/aromatic N) is 1. The molecular weight excluding hydrogens is 241 g/mol. The number of halogens is 3. The first-order chi connectivity index (χ1) is 8.38. The summed E-state index contributed by atoms with van der Waals surface area (Å²) >= 11 is 0. The normalized spacial score (nSPS) is 18.8. The highest BCUT2D eigenvalue weighted by Gasteiger charge is 2.31. The fourth-order valence-electron chi connectivity index (χ4n) is 2.47. The molecule has 2 nitrogen and oxygen atoms in total. The van der Waals surface area contributed by atoms with Crippen molar-refractivity contribution in [1.29, 1.82) is 0 Å². The van der Waals surface area contributed by atoms with Crippen LogP contribution in [0.3, 0.4) is 0 Å². The summed E-state index contributed by atoms with van der Waals surface area (Å²) in [7, 11) is 0. The quantitative estimate of drug-likeness (QED) is 0.794. The van der Waals surface area contributed by atoms with E-state index in [1.54, 1.807) is 0 Å². The van der Waals surface area contributed by atoms with Crippen LogP contribution in [0.4, 0.5) is 13.2 Å². The standard InChI is InChI=1S/C13H25F3N2/c1-11(2)18(10-13(14,15)16)9-8-17-12-6-4-3-5-7-12/h11-12,17H,3-10H2,1-2H3. The van der Waals surface area contributed by atoms with Gasteiger partial charge in [-0.2, -0.15) is 13.2 Å². The van der Waals surface area contributed by atoms with E-state index >= 15 is 0 Å². The Hall–Kier alpha value is -0.290. The topological polar surface area (TPSA) is 15.3 Å². The smallest absolute Gasteiger partial charge is 0.313 e. The Labute approximate surface area is 108 Å². The molecule has 0 saturated heterocycles. The average molecular weight is 266 g/mol. The predicted molar refractivity (Wildman–Crippen MR) is 67.6 cm³/mol. The maximum Gasteiger partial charge on any atom is 0.401 e. The molecule has 1 rings (SSSR count). The van der Waals surface area contributed by atoms with Crippen molar-refractivity contribution in [2.75, 3.05) is 19.6 Å². The molecule has 0 unspecified atom stereocenters. The van der Waals surface area contributed by atoms with E-state index in [2.05, 4.69) is 5.32 Å². The lowest BCUT2D eigenvalue weighted by Crippen LogP contribution is -2.44. The van der Waals surface area contributed by atoms with Gasteiger partial charge in [0, 0.05) is 25.2 Å². The van der Waals surface area contributed by atoms with Gasteiger partial charge in [0.1, 0.15) is 0 Å². The lowest BCUT2D eigenvalue weighted by Gasteiger charge is -2.29. The second-order valence-corrected chi connectivity index (χ2v) is 5.47. The van der Waals surface area contributed by atoms with Gasteiger partial charge in [-0.1, -0.05) is 19.3 Å². The molecule has 0 atom stereocenters. The monoisotopic (exact) mass is 266 g/mol. The van der Waals surface area contributed by atoms with Crippen molar-refractivity contribution in [2.24, 2.45) is 0 Å². The minimum atomic E-state index is -4.10. The van der Waals surface area contributed by atoms with Crippen LogP contribution < -0.4 is 5.32 Å². The molecular formula is C13H25F3N2. The van der Waals surface area contributed by atoms with Crippen molar-refractivity contribution in [1.82, 2.24) is 10.2 Å². The molecule has 1 aliphatic rings. The van der Waals surface area contributed by atoms with Crippen molar-refractivity contribution in [2.45, 2.75) is 64.2 Å². The summed E-state index contributed by atoms with van der Waals surface area (Å²) in [5.74, 6) is 0. The summed E-state index contributed by atoms with van der Waals surface area (Å²) in [4.78, 5) is 1.48. The zero-order chi connectivity index (χ0) is 13.6.